The van der Waals surface area contributed by atoms with E-state index in [0.717, 1.165) is 10.9 Å². The highest BCUT2D eigenvalue weighted by molar-refractivity contribution is 14.1. The first-order chi connectivity index (χ1) is 9.59. The minimum Gasteiger partial charge on any atom is -0.126 e. The molecule has 0 aliphatic rings. The number of alkyl halides is 2. The van der Waals surface area contributed by atoms with Crippen molar-refractivity contribution < 1.29 is 0 Å². The molecular weight excluding hydrogens is 470 g/mol. The molecule has 0 nitrogen and oxygen atoms in total. The normalized spacial score (nSPS) is 11.6. The number of hydrogen-bond donors (Lipinski definition) is 0. The fourth-order valence-corrected chi connectivity index (χ4v) is 3.74. The number of benzene rings is 2. The zero-order valence-electron chi connectivity index (χ0n) is 10.8. The number of rotatable bonds is 5. The summed E-state index contributed by atoms with van der Waals surface area (Å²) in [6.45, 7) is 0. The lowest BCUT2D eigenvalue weighted by Gasteiger charge is -2.30. The lowest BCUT2D eigenvalue weighted by molar-refractivity contribution is 0.536. The van der Waals surface area contributed by atoms with Crippen LogP contribution in [0.2, 0.25) is 0 Å². The minimum atomic E-state index is -0.236. The van der Waals surface area contributed by atoms with Crippen LogP contribution >= 0.6 is 61.7 Å². The van der Waals surface area contributed by atoms with Crippen molar-refractivity contribution in [3.63, 3.8) is 0 Å². The predicted molar refractivity (Wildman–Crippen MR) is 100 cm³/mol. The Morgan fingerprint density at radius 1 is 1.00 bits per heavy atom. The summed E-state index contributed by atoms with van der Waals surface area (Å²) in [7, 11) is 0. The SMILES string of the molecule is ClCC(CCl)(Cc1ccc(I)cc1)c1cccc(Br)c1. The first kappa shape index (κ1) is 16.6. The molecule has 0 saturated carbocycles. The molecule has 2 aromatic rings. The van der Waals surface area contributed by atoms with Crippen LogP contribution in [0.15, 0.2) is 53.0 Å². The van der Waals surface area contributed by atoms with Crippen molar-refractivity contribution in [1.29, 1.82) is 0 Å². The van der Waals surface area contributed by atoms with Crippen LogP contribution in [0.25, 0.3) is 0 Å². The van der Waals surface area contributed by atoms with Gasteiger partial charge in [0.05, 0.1) is 0 Å². The van der Waals surface area contributed by atoms with Gasteiger partial charge in [0.2, 0.25) is 0 Å². The summed E-state index contributed by atoms with van der Waals surface area (Å²) >= 11 is 18.4. The average molecular weight is 484 g/mol. The molecule has 0 saturated heterocycles. The van der Waals surface area contributed by atoms with Crippen LogP contribution in [0.1, 0.15) is 11.1 Å². The molecule has 0 heterocycles. The molecule has 0 spiro atoms. The zero-order valence-corrected chi connectivity index (χ0v) is 16.0. The molecule has 0 atom stereocenters. The Hall–Kier alpha value is 0.230. The fraction of sp³-hybridized carbons (Fsp3) is 0.250. The van der Waals surface area contributed by atoms with Crippen LogP contribution in [0.4, 0.5) is 0 Å². The standard InChI is InChI=1S/C16H14BrCl2I/c17-14-3-1-2-13(8-14)16(10-18,11-19)9-12-4-6-15(20)7-5-12/h1-8H,9-11H2. The molecular formula is C16H14BrCl2I. The molecule has 20 heavy (non-hydrogen) atoms. The molecule has 2 rings (SSSR count). The van der Waals surface area contributed by atoms with Crippen molar-refractivity contribution >= 4 is 61.7 Å². The highest BCUT2D eigenvalue weighted by Crippen LogP contribution is 2.33. The smallest absolute Gasteiger partial charge is 0.0335 e. The van der Waals surface area contributed by atoms with E-state index in [-0.39, 0.29) is 5.41 Å². The zero-order chi connectivity index (χ0) is 14.6. The van der Waals surface area contributed by atoms with Gasteiger partial charge in [-0.15, -0.1) is 23.2 Å². The van der Waals surface area contributed by atoms with Gasteiger partial charge in [-0.3, -0.25) is 0 Å². The van der Waals surface area contributed by atoms with Gasteiger partial charge in [-0.05, 0) is 64.4 Å². The Kier molecular flexibility index (Phi) is 6.21. The predicted octanol–water partition coefficient (Wildman–Crippen LogP) is 6.01. The van der Waals surface area contributed by atoms with E-state index < -0.39 is 0 Å². The molecule has 0 aliphatic heterocycles. The van der Waals surface area contributed by atoms with E-state index in [1.807, 2.05) is 12.1 Å². The van der Waals surface area contributed by atoms with E-state index in [4.69, 9.17) is 23.2 Å². The van der Waals surface area contributed by atoms with Gasteiger partial charge in [-0.2, -0.15) is 0 Å². The van der Waals surface area contributed by atoms with Crippen LogP contribution < -0.4 is 0 Å². The maximum atomic E-state index is 6.29. The van der Waals surface area contributed by atoms with Crippen LogP contribution in [-0.4, -0.2) is 11.8 Å². The van der Waals surface area contributed by atoms with Crippen molar-refractivity contribution in [2.75, 3.05) is 11.8 Å². The molecule has 0 unspecified atom stereocenters. The molecule has 2 aromatic carbocycles. The second-order valence-corrected chi connectivity index (χ2v) is 7.56. The summed E-state index contributed by atoms with van der Waals surface area (Å²) < 4.78 is 2.29. The molecule has 0 bridgehead atoms. The Bertz CT molecular complexity index is 565. The summed E-state index contributed by atoms with van der Waals surface area (Å²) in [4.78, 5) is 0. The maximum Gasteiger partial charge on any atom is 0.0335 e. The second kappa shape index (κ2) is 7.48. The average Bonchev–Trinajstić information content (AvgIpc) is 2.47. The molecule has 106 valence electrons. The molecule has 0 aliphatic carbocycles. The van der Waals surface area contributed by atoms with Gasteiger partial charge >= 0.3 is 0 Å². The van der Waals surface area contributed by atoms with E-state index in [1.54, 1.807) is 0 Å². The van der Waals surface area contributed by atoms with Crippen molar-refractivity contribution in [2.24, 2.45) is 0 Å². The Balaban J connectivity index is 2.36. The van der Waals surface area contributed by atoms with Gasteiger partial charge in [0.25, 0.3) is 0 Å². The number of hydrogen-bond acceptors (Lipinski definition) is 0. The van der Waals surface area contributed by atoms with Crippen molar-refractivity contribution in [3.8, 4) is 0 Å². The van der Waals surface area contributed by atoms with Crippen LogP contribution in [-0.2, 0) is 11.8 Å². The molecule has 0 amide bonds. The third-order valence-corrected chi connectivity index (χ3v) is 5.64. The third-order valence-electron chi connectivity index (χ3n) is 3.40. The third kappa shape index (κ3) is 3.90. The largest absolute Gasteiger partial charge is 0.126 e. The van der Waals surface area contributed by atoms with Gasteiger partial charge in [0.15, 0.2) is 0 Å². The highest BCUT2D eigenvalue weighted by atomic mass is 127. The Labute approximate surface area is 152 Å². The summed E-state index contributed by atoms with van der Waals surface area (Å²) in [5.74, 6) is 0.998. The lowest BCUT2D eigenvalue weighted by Crippen LogP contribution is -2.33. The number of halogens is 4. The molecule has 0 N–H and O–H groups in total. The summed E-state index contributed by atoms with van der Waals surface area (Å²) in [5, 5.41) is 0. The van der Waals surface area contributed by atoms with E-state index in [0.29, 0.717) is 11.8 Å². The van der Waals surface area contributed by atoms with Gasteiger partial charge < -0.3 is 0 Å². The van der Waals surface area contributed by atoms with Crippen molar-refractivity contribution in [2.45, 2.75) is 11.8 Å². The Morgan fingerprint density at radius 2 is 1.65 bits per heavy atom. The van der Waals surface area contributed by atoms with Crippen LogP contribution in [0.3, 0.4) is 0 Å². The van der Waals surface area contributed by atoms with Crippen LogP contribution in [0, 0.1) is 3.57 Å². The fourth-order valence-electron chi connectivity index (χ4n) is 2.20. The van der Waals surface area contributed by atoms with Crippen molar-refractivity contribution in [3.05, 3.63) is 67.7 Å². The Morgan fingerprint density at radius 3 is 2.20 bits per heavy atom. The molecule has 4 heteroatoms. The first-order valence-corrected chi connectivity index (χ1v) is 9.16. The monoisotopic (exact) mass is 482 g/mol. The molecule has 0 aromatic heterocycles. The van der Waals surface area contributed by atoms with Gasteiger partial charge in [-0.25, -0.2) is 0 Å². The summed E-state index contributed by atoms with van der Waals surface area (Å²) in [5.41, 5.74) is 2.20. The van der Waals surface area contributed by atoms with E-state index in [9.17, 15) is 0 Å². The van der Waals surface area contributed by atoms with Gasteiger partial charge in [0.1, 0.15) is 0 Å². The van der Waals surface area contributed by atoms with Gasteiger partial charge in [-0.1, -0.05) is 40.2 Å². The maximum absolute atomic E-state index is 6.29. The van der Waals surface area contributed by atoms with E-state index >= 15 is 0 Å². The summed E-state index contributed by atoms with van der Waals surface area (Å²) in [6, 6.07) is 16.8. The van der Waals surface area contributed by atoms with E-state index in [1.165, 1.54) is 14.7 Å². The topological polar surface area (TPSA) is 0 Å². The summed E-state index contributed by atoms with van der Waals surface area (Å²) in [6.07, 6.45) is 0.841. The minimum absolute atomic E-state index is 0.236. The quantitative estimate of drug-likeness (QED) is 0.361. The molecule has 0 radical (unpaired) electrons. The first-order valence-electron chi connectivity index (χ1n) is 6.22. The van der Waals surface area contributed by atoms with E-state index in [2.05, 4.69) is 74.9 Å². The molecule has 0 fully saturated rings. The lowest BCUT2D eigenvalue weighted by atomic mass is 9.79. The van der Waals surface area contributed by atoms with Gasteiger partial charge in [0, 0.05) is 25.2 Å². The second-order valence-electron chi connectivity index (χ2n) is 4.86. The van der Waals surface area contributed by atoms with Crippen LogP contribution in [0.5, 0.6) is 0 Å². The van der Waals surface area contributed by atoms with Crippen molar-refractivity contribution in [1.82, 2.24) is 0 Å². The highest BCUT2D eigenvalue weighted by Gasteiger charge is 2.31.